The second-order valence-electron chi connectivity index (χ2n) is 1.43. The molecule has 0 aliphatic carbocycles. The zero-order chi connectivity index (χ0) is 7.56. The Morgan fingerprint density at radius 1 is 1.80 bits per heavy atom. The Balaban J connectivity index is 2.67. The molecule has 5 nitrogen and oxygen atoms in total. The van der Waals surface area contributed by atoms with E-state index in [2.05, 4.69) is 4.98 Å². The van der Waals surface area contributed by atoms with Crippen LogP contribution in [0.1, 0.15) is 0 Å². The van der Waals surface area contributed by atoms with E-state index in [0.29, 0.717) is 0 Å². The Morgan fingerprint density at radius 2 is 2.50 bits per heavy atom. The van der Waals surface area contributed by atoms with E-state index in [-0.39, 0.29) is 10.2 Å². The molecule has 0 saturated heterocycles. The Bertz CT molecular complexity index is 246. The van der Waals surface area contributed by atoms with E-state index in [1.807, 2.05) is 5.32 Å². The summed E-state index contributed by atoms with van der Waals surface area (Å²) in [7, 11) is 0. The van der Waals surface area contributed by atoms with Crippen LogP contribution in [0.25, 0.3) is 0 Å². The molecule has 54 valence electrons. The summed E-state index contributed by atoms with van der Waals surface area (Å²) in [6.07, 6.45) is -0.00926. The van der Waals surface area contributed by atoms with Gasteiger partial charge in [-0.3, -0.25) is 5.32 Å². The predicted octanol–water partition coefficient (Wildman–Crippen LogP) is 0.939. The minimum Gasteiger partial charge on any atom is -0.498 e. The molecule has 1 heterocycles. The number of carboxylic acid groups (broad SMARTS) is 1. The van der Waals surface area contributed by atoms with Crippen LogP contribution in [0.5, 0.6) is 5.06 Å². The lowest BCUT2D eigenvalue weighted by atomic mass is 10.9. The maximum absolute atomic E-state index is 9.95. The summed E-state index contributed by atoms with van der Waals surface area (Å²) in [5, 5.41) is 19.0. The first-order valence-electron chi connectivity index (χ1n) is 2.33. The van der Waals surface area contributed by atoms with Crippen molar-refractivity contribution in [3.05, 3.63) is 6.20 Å². The summed E-state index contributed by atoms with van der Waals surface area (Å²) in [6.45, 7) is 0. The van der Waals surface area contributed by atoms with Crippen LogP contribution in [-0.2, 0) is 0 Å². The Kier molecular flexibility index (Phi) is 1.72. The summed E-state index contributed by atoms with van der Waals surface area (Å²) in [6, 6.07) is 0. The van der Waals surface area contributed by atoms with Crippen molar-refractivity contribution in [3.63, 3.8) is 0 Å². The van der Waals surface area contributed by atoms with E-state index in [9.17, 15) is 4.79 Å². The van der Waals surface area contributed by atoms with E-state index >= 15 is 0 Å². The van der Waals surface area contributed by atoms with Crippen molar-refractivity contribution in [3.8, 4) is 5.06 Å². The van der Waals surface area contributed by atoms with Crippen LogP contribution < -0.4 is 5.32 Å². The van der Waals surface area contributed by atoms with E-state index < -0.39 is 6.09 Å². The number of anilines is 1. The molecule has 0 spiro atoms. The number of rotatable bonds is 1. The van der Waals surface area contributed by atoms with Gasteiger partial charge in [0.15, 0.2) is 10.2 Å². The fourth-order valence-electron chi connectivity index (χ4n) is 0.415. The number of hydrogen-bond acceptors (Lipinski definition) is 4. The second-order valence-corrected chi connectivity index (χ2v) is 2.44. The van der Waals surface area contributed by atoms with Gasteiger partial charge in [0.05, 0.1) is 6.20 Å². The molecule has 0 radical (unpaired) electrons. The maximum atomic E-state index is 9.95. The smallest absolute Gasteiger partial charge is 0.410 e. The topological polar surface area (TPSA) is 82.5 Å². The lowest BCUT2D eigenvalue weighted by Crippen LogP contribution is -2.06. The van der Waals surface area contributed by atoms with Crippen LogP contribution in [0.4, 0.5) is 9.93 Å². The third kappa shape index (κ3) is 1.59. The van der Waals surface area contributed by atoms with Crippen molar-refractivity contribution in [1.29, 1.82) is 0 Å². The molecule has 1 rings (SSSR count). The largest absolute Gasteiger partial charge is 0.498 e. The monoisotopic (exact) mass is 160 g/mol. The van der Waals surface area contributed by atoms with Gasteiger partial charge in [0.1, 0.15) is 0 Å². The van der Waals surface area contributed by atoms with Gasteiger partial charge in [-0.2, -0.15) is 0 Å². The first-order valence-corrected chi connectivity index (χ1v) is 3.15. The first-order chi connectivity index (χ1) is 4.68. The van der Waals surface area contributed by atoms with Crippen LogP contribution in [-0.4, -0.2) is 21.3 Å². The zero-order valence-corrected chi connectivity index (χ0v) is 5.55. The fourth-order valence-corrected chi connectivity index (χ4v) is 0.962. The van der Waals surface area contributed by atoms with E-state index in [1.54, 1.807) is 0 Å². The SMILES string of the molecule is O=C(O)Nc1ncc(O)s1. The number of nitrogens with one attached hydrogen (secondary N) is 1. The summed E-state index contributed by atoms with van der Waals surface area (Å²) < 4.78 is 0. The van der Waals surface area contributed by atoms with Crippen LogP contribution in [0.15, 0.2) is 6.20 Å². The number of carbonyl (C=O) groups is 1. The highest BCUT2D eigenvalue weighted by atomic mass is 32.1. The number of aromatic hydroxyl groups is 1. The summed E-state index contributed by atoms with van der Waals surface area (Å²) in [5.41, 5.74) is 0. The molecule has 0 bridgehead atoms. The molecule has 10 heavy (non-hydrogen) atoms. The fraction of sp³-hybridized carbons (Fsp3) is 0. The van der Waals surface area contributed by atoms with Gasteiger partial charge in [-0.15, -0.1) is 0 Å². The molecule has 0 saturated carbocycles. The van der Waals surface area contributed by atoms with Gasteiger partial charge in [0.2, 0.25) is 0 Å². The quantitative estimate of drug-likeness (QED) is 0.570. The van der Waals surface area contributed by atoms with Crippen LogP contribution in [0.3, 0.4) is 0 Å². The average molecular weight is 160 g/mol. The summed E-state index contributed by atoms with van der Waals surface area (Å²) in [4.78, 5) is 13.5. The van der Waals surface area contributed by atoms with E-state index in [1.165, 1.54) is 6.20 Å². The van der Waals surface area contributed by atoms with E-state index in [0.717, 1.165) is 11.3 Å². The van der Waals surface area contributed by atoms with Crippen molar-refractivity contribution < 1.29 is 15.0 Å². The molecule has 0 aliphatic rings. The van der Waals surface area contributed by atoms with Crippen molar-refractivity contribution in [2.45, 2.75) is 0 Å². The van der Waals surface area contributed by atoms with E-state index in [4.69, 9.17) is 10.2 Å². The molecule has 0 aromatic carbocycles. The van der Waals surface area contributed by atoms with Crippen LogP contribution in [0.2, 0.25) is 0 Å². The summed E-state index contributed by atoms with van der Waals surface area (Å²) in [5.74, 6) is 0. The van der Waals surface area contributed by atoms with Gasteiger partial charge in [0.25, 0.3) is 0 Å². The third-order valence-electron chi connectivity index (χ3n) is 0.707. The van der Waals surface area contributed by atoms with Crippen LogP contribution in [0, 0.1) is 0 Å². The van der Waals surface area contributed by atoms with Gasteiger partial charge in [0, 0.05) is 0 Å². The number of aromatic nitrogens is 1. The lowest BCUT2D eigenvalue weighted by Gasteiger charge is -1.89. The Labute approximate surface area is 60.0 Å². The lowest BCUT2D eigenvalue weighted by molar-refractivity contribution is 0.209. The maximum Gasteiger partial charge on any atom is 0.410 e. The molecule has 1 aromatic rings. The standard InChI is InChI=1S/C4H4N2O3S/c7-2-1-5-3(10-2)6-4(8)9/h1,7H,(H,5,6)(H,8,9). The van der Waals surface area contributed by atoms with Gasteiger partial charge >= 0.3 is 6.09 Å². The molecule has 6 heteroatoms. The minimum atomic E-state index is -1.19. The molecule has 0 atom stereocenters. The van der Waals surface area contributed by atoms with Gasteiger partial charge < -0.3 is 10.2 Å². The van der Waals surface area contributed by atoms with Crippen LogP contribution >= 0.6 is 11.3 Å². The molecule has 1 aromatic heterocycles. The zero-order valence-electron chi connectivity index (χ0n) is 4.74. The highest BCUT2D eigenvalue weighted by Crippen LogP contribution is 2.23. The number of nitrogens with zero attached hydrogens (tertiary/aromatic N) is 1. The Morgan fingerprint density at radius 3 is 2.90 bits per heavy atom. The Hall–Kier alpha value is -1.30. The number of thiazole rings is 1. The average Bonchev–Trinajstić information content (AvgIpc) is 2.13. The molecular weight excluding hydrogens is 156 g/mol. The predicted molar refractivity (Wildman–Crippen MR) is 35.4 cm³/mol. The number of amides is 1. The third-order valence-corrected chi connectivity index (χ3v) is 1.42. The molecule has 1 amide bonds. The molecule has 3 N–H and O–H groups in total. The molecule has 0 aliphatic heterocycles. The summed E-state index contributed by atoms with van der Waals surface area (Å²) >= 11 is 0.869. The first kappa shape index (κ1) is 6.81. The van der Waals surface area contributed by atoms with Crippen molar-refractivity contribution in [2.75, 3.05) is 5.32 Å². The van der Waals surface area contributed by atoms with Gasteiger partial charge in [-0.05, 0) is 0 Å². The van der Waals surface area contributed by atoms with Crippen molar-refractivity contribution in [1.82, 2.24) is 4.98 Å². The van der Waals surface area contributed by atoms with Gasteiger partial charge in [-0.25, -0.2) is 9.78 Å². The van der Waals surface area contributed by atoms with Gasteiger partial charge in [-0.1, -0.05) is 11.3 Å². The second kappa shape index (κ2) is 2.53. The highest BCUT2D eigenvalue weighted by molar-refractivity contribution is 7.17. The van der Waals surface area contributed by atoms with Crippen molar-refractivity contribution >= 4 is 22.6 Å². The molecular formula is C4H4N2O3S. The minimum absolute atomic E-state index is 0.0104. The molecule has 0 unspecified atom stereocenters. The highest BCUT2D eigenvalue weighted by Gasteiger charge is 2.01. The normalized spacial score (nSPS) is 9.20. The molecule has 0 fully saturated rings. The number of hydrogen-bond donors (Lipinski definition) is 3. The van der Waals surface area contributed by atoms with Crippen molar-refractivity contribution in [2.24, 2.45) is 0 Å².